The van der Waals surface area contributed by atoms with Gasteiger partial charge in [-0.1, -0.05) is 24.3 Å². The van der Waals surface area contributed by atoms with E-state index in [2.05, 4.69) is 10.6 Å². The average Bonchev–Trinajstić information content (AvgIpc) is 2.38. The van der Waals surface area contributed by atoms with Crippen LogP contribution in [0.15, 0.2) is 24.3 Å². The number of amides is 2. The highest BCUT2D eigenvalue weighted by atomic mass is 16.4. The zero-order chi connectivity index (χ0) is 15.1. The highest BCUT2D eigenvalue weighted by molar-refractivity contribution is 5.82. The highest BCUT2D eigenvalue weighted by Gasteiger charge is 2.20. The number of carbonyl (C=O) groups is 2. The fourth-order valence-electron chi connectivity index (χ4n) is 1.93. The number of aliphatic carboxylic acids is 1. The van der Waals surface area contributed by atoms with Gasteiger partial charge in [-0.05, 0) is 25.0 Å². The van der Waals surface area contributed by atoms with Gasteiger partial charge in [-0.15, -0.1) is 0 Å². The van der Waals surface area contributed by atoms with Gasteiger partial charge < -0.3 is 20.8 Å². The maximum Gasteiger partial charge on any atom is 0.326 e. The molecule has 0 aliphatic rings. The maximum absolute atomic E-state index is 11.8. The summed E-state index contributed by atoms with van der Waals surface area (Å²) in [6, 6.07) is 5.74. The lowest BCUT2D eigenvalue weighted by Gasteiger charge is -2.19. The number of aliphatic hydroxyl groups excluding tert-OH is 1. The third kappa shape index (κ3) is 4.55. The number of urea groups is 1. The molecule has 110 valence electrons. The fraction of sp³-hybridized carbons (Fsp3) is 0.429. The van der Waals surface area contributed by atoms with Gasteiger partial charge in [0.2, 0.25) is 0 Å². The Morgan fingerprint density at radius 1 is 1.25 bits per heavy atom. The Balaban J connectivity index is 2.62. The zero-order valence-electron chi connectivity index (χ0n) is 11.6. The molecule has 1 rings (SSSR count). The summed E-state index contributed by atoms with van der Waals surface area (Å²) in [5.41, 5.74) is 2.02. The van der Waals surface area contributed by atoms with E-state index in [1.165, 1.54) is 0 Å². The van der Waals surface area contributed by atoms with E-state index in [4.69, 9.17) is 10.2 Å². The zero-order valence-corrected chi connectivity index (χ0v) is 11.6. The molecule has 0 aromatic heterocycles. The molecule has 2 amide bonds. The second-order valence-corrected chi connectivity index (χ2v) is 4.60. The van der Waals surface area contributed by atoms with Crippen molar-refractivity contribution < 1.29 is 19.8 Å². The molecule has 6 nitrogen and oxygen atoms in total. The topological polar surface area (TPSA) is 98.7 Å². The molecule has 0 aliphatic carbocycles. The van der Waals surface area contributed by atoms with E-state index in [1.54, 1.807) is 0 Å². The number of hydrogen-bond donors (Lipinski definition) is 4. The Kier molecular flexibility index (Phi) is 5.99. The molecule has 0 radical (unpaired) electrons. The first-order valence-electron chi connectivity index (χ1n) is 6.42. The van der Waals surface area contributed by atoms with E-state index in [0.29, 0.717) is 0 Å². The predicted molar refractivity (Wildman–Crippen MR) is 74.4 cm³/mol. The normalized spacial score (nSPS) is 13.3. The van der Waals surface area contributed by atoms with Gasteiger partial charge in [0.15, 0.2) is 0 Å². The minimum atomic E-state index is -1.17. The van der Waals surface area contributed by atoms with E-state index in [0.717, 1.165) is 11.1 Å². The molecule has 1 unspecified atom stereocenters. The summed E-state index contributed by atoms with van der Waals surface area (Å²) < 4.78 is 0. The molecule has 0 bridgehead atoms. The van der Waals surface area contributed by atoms with Crippen LogP contribution in [0.1, 0.15) is 30.5 Å². The van der Waals surface area contributed by atoms with Crippen molar-refractivity contribution in [2.24, 2.45) is 0 Å². The molecule has 6 heteroatoms. The Hall–Kier alpha value is -2.08. The second kappa shape index (κ2) is 7.49. The molecular formula is C14H20N2O4. The predicted octanol–water partition coefficient (Wildman–Crippen LogP) is 1.19. The summed E-state index contributed by atoms with van der Waals surface area (Å²) >= 11 is 0. The Bertz CT molecular complexity index is 476. The van der Waals surface area contributed by atoms with Gasteiger partial charge in [0.1, 0.15) is 6.04 Å². The lowest BCUT2D eigenvalue weighted by Crippen LogP contribution is -2.47. The van der Waals surface area contributed by atoms with Gasteiger partial charge >= 0.3 is 12.0 Å². The number of rotatable bonds is 6. The first-order chi connectivity index (χ1) is 9.45. The van der Waals surface area contributed by atoms with Crippen molar-refractivity contribution in [2.45, 2.75) is 32.4 Å². The van der Waals surface area contributed by atoms with Gasteiger partial charge in [0.25, 0.3) is 0 Å². The SMILES string of the molecule is Cc1ccccc1C(C)NC(=O)N[C@H](CCO)C(=O)O. The van der Waals surface area contributed by atoms with Crippen LogP contribution in [0, 0.1) is 6.92 Å². The van der Waals surface area contributed by atoms with Gasteiger partial charge in [0.05, 0.1) is 6.04 Å². The largest absolute Gasteiger partial charge is 0.480 e. The molecule has 0 saturated carbocycles. The van der Waals surface area contributed by atoms with Gasteiger partial charge in [0, 0.05) is 13.0 Å². The summed E-state index contributed by atoms with van der Waals surface area (Å²) in [5.74, 6) is -1.17. The lowest BCUT2D eigenvalue weighted by atomic mass is 10.0. The molecule has 4 N–H and O–H groups in total. The van der Waals surface area contributed by atoms with E-state index in [9.17, 15) is 9.59 Å². The Labute approximate surface area is 117 Å². The number of carboxylic acid groups (broad SMARTS) is 1. The average molecular weight is 280 g/mol. The maximum atomic E-state index is 11.8. The van der Waals surface area contributed by atoms with Crippen LogP contribution >= 0.6 is 0 Å². The molecule has 0 spiro atoms. The number of hydrogen-bond acceptors (Lipinski definition) is 3. The van der Waals surface area contributed by atoms with Crippen LogP contribution in [0.2, 0.25) is 0 Å². The second-order valence-electron chi connectivity index (χ2n) is 4.60. The molecule has 0 saturated heterocycles. The molecule has 0 aliphatic heterocycles. The summed E-state index contributed by atoms with van der Waals surface area (Å²) in [6.45, 7) is 3.46. The van der Waals surface area contributed by atoms with Crippen molar-refractivity contribution in [3.63, 3.8) is 0 Å². The molecule has 1 aromatic carbocycles. The minimum Gasteiger partial charge on any atom is -0.480 e. The van der Waals surface area contributed by atoms with Gasteiger partial charge in [-0.25, -0.2) is 9.59 Å². The van der Waals surface area contributed by atoms with E-state index in [1.807, 2.05) is 38.1 Å². The fourth-order valence-corrected chi connectivity index (χ4v) is 1.93. The first-order valence-corrected chi connectivity index (χ1v) is 6.42. The summed E-state index contributed by atoms with van der Waals surface area (Å²) in [7, 11) is 0. The third-order valence-corrected chi connectivity index (χ3v) is 3.02. The van der Waals surface area contributed by atoms with E-state index >= 15 is 0 Å². The number of aryl methyl sites for hydroxylation is 1. The smallest absolute Gasteiger partial charge is 0.326 e. The summed E-state index contributed by atoms with van der Waals surface area (Å²) in [4.78, 5) is 22.6. The van der Waals surface area contributed by atoms with Crippen LogP contribution in [0.5, 0.6) is 0 Å². The number of carboxylic acids is 1. The van der Waals surface area contributed by atoms with Crippen LogP contribution in [0.4, 0.5) is 4.79 Å². The number of carbonyl (C=O) groups excluding carboxylic acids is 1. The highest BCUT2D eigenvalue weighted by Crippen LogP contribution is 2.16. The van der Waals surface area contributed by atoms with Crippen molar-refractivity contribution in [1.82, 2.24) is 10.6 Å². The van der Waals surface area contributed by atoms with Crippen molar-refractivity contribution in [2.75, 3.05) is 6.61 Å². The van der Waals surface area contributed by atoms with Crippen LogP contribution in [-0.2, 0) is 4.79 Å². The van der Waals surface area contributed by atoms with Crippen LogP contribution in [0.25, 0.3) is 0 Å². The standard InChI is InChI=1S/C14H20N2O4/c1-9-5-3-4-6-11(9)10(2)15-14(20)16-12(7-8-17)13(18)19/h3-6,10,12,17H,7-8H2,1-2H3,(H,18,19)(H2,15,16,20)/t10?,12-/m1/s1. The molecule has 20 heavy (non-hydrogen) atoms. The monoisotopic (exact) mass is 280 g/mol. The first kappa shape index (κ1) is 16.0. The summed E-state index contributed by atoms with van der Waals surface area (Å²) in [5, 5.41) is 22.7. The van der Waals surface area contributed by atoms with Crippen LogP contribution < -0.4 is 10.6 Å². The van der Waals surface area contributed by atoms with Crippen molar-refractivity contribution in [3.8, 4) is 0 Å². The van der Waals surface area contributed by atoms with Crippen molar-refractivity contribution in [3.05, 3.63) is 35.4 Å². The number of nitrogens with one attached hydrogen (secondary N) is 2. The number of benzene rings is 1. The lowest BCUT2D eigenvalue weighted by molar-refractivity contribution is -0.139. The van der Waals surface area contributed by atoms with Gasteiger partial charge in [-0.2, -0.15) is 0 Å². The minimum absolute atomic E-state index is 0.0263. The molecular weight excluding hydrogens is 260 g/mol. The third-order valence-electron chi connectivity index (χ3n) is 3.02. The Morgan fingerprint density at radius 3 is 2.45 bits per heavy atom. The van der Waals surface area contributed by atoms with Crippen LogP contribution in [-0.4, -0.2) is 34.9 Å². The molecule has 2 atom stereocenters. The van der Waals surface area contributed by atoms with Gasteiger partial charge in [-0.3, -0.25) is 0 Å². The van der Waals surface area contributed by atoms with E-state index in [-0.39, 0.29) is 19.1 Å². The van der Waals surface area contributed by atoms with E-state index < -0.39 is 18.0 Å². The molecule has 1 aromatic rings. The summed E-state index contributed by atoms with van der Waals surface area (Å²) in [6.07, 6.45) is -0.0263. The van der Waals surface area contributed by atoms with Crippen molar-refractivity contribution >= 4 is 12.0 Å². The Morgan fingerprint density at radius 2 is 1.90 bits per heavy atom. The van der Waals surface area contributed by atoms with Crippen LogP contribution in [0.3, 0.4) is 0 Å². The quantitative estimate of drug-likeness (QED) is 0.629. The molecule has 0 heterocycles. The number of aliphatic hydroxyl groups is 1. The molecule has 0 fully saturated rings. The van der Waals surface area contributed by atoms with Crippen molar-refractivity contribution in [1.29, 1.82) is 0 Å².